The number of amides is 2. The summed E-state index contributed by atoms with van der Waals surface area (Å²) in [6.45, 7) is 0.433. The molecule has 6 nitrogen and oxygen atoms in total. The van der Waals surface area contributed by atoms with Gasteiger partial charge in [-0.3, -0.25) is 9.59 Å². The summed E-state index contributed by atoms with van der Waals surface area (Å²) in [4.78, 5) is 24.4. The SMILES string of the molecule is O=C1NC[C@H](c2ccccc2)[C@H]1C(=O)N/N=C/c1ccc(O)cc1. The molecule has 2 aromatic rings. The fraction of sp³-hybridized carbons (Fsp3) is 0.167. The Morgan fingerprint density at radius 2 is 1.88 bits per heavy atom. The van der Waals surface area contributed by atoms with Gasteiger partial charge in [-0.25, -0.2) is 5.43 Å². The van der Waals surface area contributed by atoms with Crippen molar-refractivity contribution in [3.05, 3.63) is 65.7 Å². The predicted octanol–water partition coefficient (Wildman–Crippen LogP) is 1.37. The number of phenols is 1. The minimum atomic E-state index is -0.802. The fourth-order valence-electron chi connectivity index (χ4n) is 2.73. The lowest BCUT2D eigenvalue weighted by Crippen LogP contribution is -2.34. The van der Waals surface area contributed by atoms with Gasteiger partial charge in [0.2, 0.25) is 5.91 Å². The van der Waals surface area contributed by atoms with E-state index in [0.29, 0.717) is 6.54 Å². The van der Waals surface area contributed by atoms with Gasteiger partial charge in [-0.1, -0.05) is 30.3 Å². The third-order valence-electron chi connectivity index (χ3n) is 3.97. The number of carbonyl (C=O) groups is 2. The molecule has 1 aliphatic heterocycles. The second kappa shape index (κ2) is 6.95. The normalized spacial score (nSPS) is 20.1. The first-order valence-electron chi connectivity index (χ1n) is 7.60. The number of rotatable bonds is 4. The lowest BCUT2D eigenvalue weighted by atomic mass is 9.88. The number of nitrogens with one attached hydrogen (secondary N) is 2. The highest BCUT2D eigenvalue weighted by Crippen LogP contribution is 2.28. The lowest BCUT2D eigenvalue weighted by molar-refractivity contribution is -0.133. The summed E-state index contributed by atoms with van der Waals surface area (Å²) in [5.74, 6) is -1.58. The maximum Gasteiger partial charge on any atom is 0.253 e. The second-order valence-electron chi connectivity index (χ2n) is 5.57. The van der Waals surface area contributed by atoms with Crippen molar-refractivity contribution in [2.24, 2.45) is 11.0 Å². The molecule has 2 aromatic carbocycles. The molecule has 1 fully saturated rings. The van der Waals surface area contributed by atoms with Crippen molar-refractivity contribution >= 4 is 18.0 Å². The third-order valence-corrected chi connectivity index (χ3v) is 3.97. The van der Waals surface area contributed by atoms with Crippen LogP contribution in [0.15, 0.2) is 59.7 Å². The summed E-state index contributed by atoms with van der Waals surface area (Å²) in [6.07, 6.45) is 1.46. The van der Waals surface area contributed by atoms with Crippen molar-refractivity contribution in [2.45, 2.75) is 5.92 Å². The fourth-order valence-corrected chi connectivity index (χ4v) is 2.73. The Balaban J connectivity index is 1.68. The first-order valence-corrected chi connectivity index (χ1v) is 7.60. The van der Waals surface area contributed by atoms with Gasteiger partial charge in [-0.15, -0.1) is 0 Å². The topological polar surface area (TPSA) is 90.8 Å². The lowest BCUT2D eigenvalue weighted by Gasteiger charge is -2.15. The average molecular weight is 323 g/mol. The van der Waals surface area contributed by atoms with E-state index in [9.17, 15) is 14.7 Å². The molecule has 1 saturated heterocycles. The highest BCUT2D eigenvalue weighted by Gasteiger charge is 2.40. The Bertz CT molecular complexity index is 757. The summed E-state index contributed by atoms with van der Waals surface area (Å²) < 4.78 is 0. The van der Waals surface area contributed by atoms with Crippen molar-refractivity contribution in [2.75, 3.05) is 6.54 Å². The summed E-state index contributed by atoms with van der Waals surface area (Å²) in [7, 11) is 0. The number of aromatic hydroxyl groups is 1. The van der Waals surface area contributed by atoms with Crippen LogP contribution >= 0.6 is 0 Å². The van der Waals surface area contributed by atoms with Crippen molar-refractivity contribution in [1.82, 2.24) is 10.7 Å². The Hall–Kier alpha value is -3.15. The monoisotopic (exact) mass is 323 g/mol. The molecule has 2 amide bonds. The van der Waals surface area contributed by atoms with Crippen molar-refractivity contribution in [1.29, 1.82) is 0 Å². The van der Waals surface area contributed by atoms with E-state index in [2.05, 4.69) is 15.8 Å². The number of hydrazone groups is 1. The van der Waals surface area contributed by atoms with Crippen LogP contribution in [0.2, 0.25) is 0 Å². The molecule has 0 bridgehead atoms. The zero-order valence-electron chi connectivity index (χ0n) is 12.8. The highest BCUT2D eigenvalue weighted by molar-refractivity contribution is 6.03. The van der Waals surface area contributed by atoms with E-state index in [4.69, 9.17) is 0 Å². The molecule has 3 rings (SSSR count). The molecule has 0 radical (unpaired) electrons. The molecule has 3 N–H and O–H groups in total. The van der Waals surface area contributed by atoms with Crippen molar-refractivity contribution in [3.8, 4) is 5.75 Å². The van der Waals surface area contributed by atoms with Crippen LogP contribution in [-0.2, 0) is 9.59 Å². The number of benzene rings is 2. The van der Waals surface area contributed by atoms with E-state index in [1.165, 1.54) is 18.3 Å². The van der Waals surface area contributed by atoms with Gasteiger partial charge in [0.05, 0.1) is 6.21 Å². The van der Waals surface area contributed by atoms with Gasteiger partial charge in [0.25, 0.3) is 5.91 Å². The van der Waals surface area contributed by atoms with Gasteiger partial charge >= 0.3 is 0 Å². The van der Waals surface area contributed by atoms with E-state index >= 15 is 0 Å². The van der Waals surface area contributed by atoms with Gasteiger partial charge in [0.15, 0.2) is 0 Å². The van der Waals surface area contributed by atoms with Crippen LogP contribution in [0.3, 0.4) is 0 Å². The third kappa shape index (κ3) is 3.43. The summed E-state index contributed by atoms with van der Waals surface area (Å²) in [5.41, 5.74) is 4.09. The maximum atomic E-state index is 12.4. The molecule has 1 aliphatic rings. The molecule has 24 heavy (non-hydrogen) atoms. The molecular weight excluding hydrogens is 306 g/mol. The number of nitrogens with zero attached hydrogens (tertiary/aromatic N) is 1. The van der Waals surface area contributed by atoms with E-state index in [0.717, 1.165) is 11.1 Å². The molecule has 6 heteroatoms. The molecule has 0 spiro atoms. The molecule has 1 heterocycles. The molecular formula is C18H17N3O3. The van der Waals surface area contributed by atoms with Crippen LogP contribution in [0, 0.1) is 5.92 Å². The second-order valence-corrected chi connectivity index (χ2v) is 5.57. The van der Waals surface area contributed by atoms with E-state index < -0.39 is 11.8 Å². The Labute approximate surface area is 139 Å². The molecule has 2 atom stereocenters. The average Bonchev–Trinajstić information content (AvgIpc) is 2.99. The number of hydrogen-bond donors (Lipinski definition) is 3. The Morgan fingerprint density at radius 1 is 1.17 bits per heavy atom. The van der Waals surface area contributed by atoms with Gasteiger partial charge in [-0.2, -0.15) is 5.10 Å². The number of carbonyl (C=O) groups excluding carboxylic acids is 2. The zero-order valence-corrected chi connectivity index (χ0v) is 12.8. The zero-order chi connectivity index (χ0) is 16.9. The van der Waals surface area contributed by atoms with E-state index in [1.807, 2.05) is 30.3 Å². The van der Waals surface area contributed by atoms with E-state index in [-0.39, 0.29) is 17.6 Å². The van der Waals surface area contributed by atoms with Gasteiger partial charge in [0.1, 0.15) is 11.7 Å². The Kier molecular flexibility index (Phi) is 4.56. The van der Waals surface area contributed by atoms with Crippen LogP contribution in [-0.4, -0.2) is 29.7 Å². The predicted molar refractivity (Wildman–Crippen MR) is 89.5 cm³/mol. The number of hydrogen-bond acceptors (Lipinski definition) is 4. The molecule has 0 unspecified atom stereocenters. The van der Waals surface area contributed by atoms with Crippen molar-refractivity contribution < 1.29 is 14.7 Å². The van der Waals surface area contributed by atoms with E-state index in [1.54, 1.807) is 12.1 Å². The summed E-state index contributed by atoms with van der Waals surface area (Å²) in [5, 5.41) is 15.8. The number of phenolic OH excluding ortho intramolecular Hbond substituents is 1. The molecule has 122 valence electrons. The van der Waals surface area contributed by atoms with Crippen LogP contribution in [0.5, 0.6) is 5.75 Å². The molecule has 0 aliphatic carbocycles. The smallest absolute Gasteiger partial charge is 0.253 e. The van der Waals surface area contributed by atoms with Crippen LogP contribution in [0.25, 0.3) is 0 Å². The standard InChI is InChI=1S/C18H17N3O3/c22-14-8-6-12(7-9-14)10-20-21-18(24)16-15(11-19-17(16)23)13-4-2-1-3-5-13/h1-10,15-16,22H,11H2,(H,19,23)(H,21,24)/b20-10+/t15-,16-/m1/s1. The van der Waals surface area contributed by atoms with Crippen molar-refractivity contribution in [3.63, 3.8) is 0 Å². The first-order chi connectivity index (χ1) is 11.6. The Morgan fingerprint density at radius 3 is 2.58 bits per heavy atom. The largest absolute Gasteiger partial charge is 0.508 e. The summed E-state index contributed by atoms with van der Waals surface area (Å²) in [6, 6.07) is 15.9. The first kappa shape index (κ1) is 15.7. The van der Waals surface area contributed by atoms with Crippen LogP contribution < -0.4 is 10.7 Å². The minimum absolute atomic E-state index is 0.157. The minimum Gasteiger partial charge on any atom is -0.508 e. The highest BCUT2D eigenvalue weighted by atomic mass is 16.3. The summed E-state index contributed by atoms with van der Waals surface area (Å²) >= 11 is 0. The molecule has 0 aromatic heterocycles. The molecule has 0 saturated carbocycles. The maximum absolute atomic E-state index is 12.4. The van der Waals surface area contributed by atoms with Crippen LogP contribution in [0.1, 0.15) is 17.0 Å². The van der Waals surface area contributed by atoms with Gasteiger partial charge in [0, 0.05) is 12.5 Å². The quantitative estimate of drug-likeness (QED) is 0.451. The van der Waals surface area contributed by atoms with Gasteiger partial charge < -0.3 is 10.4 Å². The van der Waals surface area contributed by atoms with Crippen LogP contribution in [0.4, 0.5) is 0 Å². The van der Waals surface area contributed by atoms with Gasteiger partial charge in [-0.05, 0) is 35.4 Å².